The van der Waals surface area contributed by atoms with Crippen LogP contribution >= 0.6 is 0 Å². The van der Waals surface area contributed by atoms with Gasteiger partial charge in [0.1, 0.15) is 5.82 Å². The number of benzene rings is 1. The number of nitrogens with one attached hydrogen (secondary N) is 1. The SMILES string of the molecule is CC(NC[C@H](O)Cc1ccccc1)c1cn2c(n1)CCCC2. The quantitative estimate of drug-likeness (QED) is 0.861. The number of hydrogen-bond donors (Lipinski definition) is 2. The Morgan fingerprint density at radius 1 is 1.27 bits per heavy atom. The molecule has 3 rings (SSSR count). The van der Waals surface area contributed by atoms with Gasteiger partial charge < -0.3 is 15.0 Å². The minimum Gasteiger partial charge on any atom is -0.391 e. The molecule has 4 nitrogen and oxygen atoms in total. The third kappa shape index (κ3) is 3.76. The standard InChI is InChI=1S/C18H25N3O/c1-14(17-13-21-10-6-5-9-18(21)20-17)19-12-16(22)11-15-7-3-2-4-8-15/h2-4,7-8,13-14,16,19,22H,5-6,9-12H2,1H3/t14?,16-/m1/s1. The van der Waals surface area contributed by atoms with Gasteiger partial charge in [0.2, 0.25) is 0 Å². The van der Waals surface area contributed by atoms with Gasteiger partial charge in [0.15, 0.2) is 0 Å². The Morgan fingerprint density at radius 2 is 2.09 bits per heavy atom. The molecule has 2 N–H and O–H groups in total. The minimum absolute atomic E-state index is 0.170. The van der Waals surface area contributed by atoms with E-state index in [-0.39, 0.29) is 12.1 Å². The van der Waals surface area contributed by atoms with Crippen LogP contribution in [0, 0.1) is 0 Å². The molecule has 0 spiro atoms. The van der Waals surface area contributed by atoms with E-state index in [0.29, 0.717) is 13.0 Å². The van der Waals surface area contributed by atoms with Gasteiger partial charge in [-0.3, -0.25) is 0 Å². The smallest absolute Gasteiger partial charge is 0.109 e. The highest BCUT2D eigenvalue weighted by Crippen LogP contribution is 2.18. The van der Waals surface area contributed by atoms with Crippen LogP contribution in [0.4, 0.5) is 0 Å². The topological polar surface area (TPSA) is 50.1 Å². The molecule has 0 saturated heterocycles. The molecule has 22 heavy (non-hydrogen) atoms. The number of aliphatic hydroxyl groups excluding tert-OH is 1. The number of imidazole rings is 1. The normalized spacial score (nSPS) is 17.0. The van der Waals surface area contributed by atoms with E-state index >= 15 is 0 Å². The lowest BCUT2D eigenvalue weighted by molar-refractivity contribution is 0.168. The van der Waals surface area contributed by atoms with E-state index in [0.717, 1.165) is 18.7 Å². The molecule has 0 amide bonds. The predicted molar refractivity (Wildman–Crippen MR) is 87.7 cm³/mol. The number of aryl methyl sites for hydroxylation is 2. The molecule has 4 heteroatoms. The monoisotopic (exact) mass is 299 g/mol. The van der Waals surface area contributed by atoms with Crippen molar-refractivity contribution in [1.82, 2.24) is 14.9 Å². The van der Waals surface area contributed by atoms with E-state index in [9.17, 15) is 5.11 Å². The zero-order valence-electron chi connectivity index (χ0n) is 13.2. The maximum atomic E-state index is 10.2. The van der Waals surface area contributed by atoms with Crippen molar-refractivity contribution in [1.29, 1.82) is 0 Å². The molecular formula is C18H25N3O. The first-order valence-electron chi connectivity index (χ1n) is 8.23. The molecule has 118 valence electrons. The predicted octanol–water partition coefficient (Wildman–Crippen LogP) is 2.47. The van der Waals surface area contributed by atoms with Crippen LogP contribution in [0.2, 0.25) is 0 Å². The third-order valence-electron chi connectivity index (χ3n) is 4.34. The Morgan fingerprint density at radius 3 is 2.86 bits per heavy atom. The first kappa shape index (κ1) is 15.3. The fraction of sp³-hybridized carbons (Fsp3) is 0.500. The van der Waals surface area contributed by atoms with Gasteiger partial charge in [-0.25, -0.2) is 4.98 Å². The zero-order chi connectivity index (χ0) is 15.4. The summed E-state index contributed by atoms with van der Waals surface area (Å²) in [5.74, 6) is 1.21. The maximum absolute atomic E-state index is 10.2. The summed E-state index contributed by atoms with van der Waals surface area (Å²) >= 11 is 0. The Hall–Kier alpha value is -1.65. The average Bonchev–Trinajstić information content (AvgIpc) is 2.98. The summed E-state index contributed by atoms with van der Waals surface area (Å²) in [6, 6.07) is 10.3. The number of aliphatic hydroxyl groups is 1. The fourth-order valence-electron chi connectivity index (χ4n) is 3.02. The van der Waals surface area contributed by atoms with E-state index in [1.807, 2.05) is 18.2 Å². The van der Waals surface area contributed by atoms with Gasteiger partial charge in [0.05, 0.1) is 11.8 Å². The number of nitrogens with zero attached hydrogens (tertiary/aromatic N) is 2. The Kier molecular flexibility index (Phi) is 4.90. The summed E-state index contributed by atoms with van der Waals surface area (Å²) in [5.41, 5.74) is 2.26. The molecule has 0 fully saturated rings. The van der Waals surface area contributed by atoms with E-state index < -0.39 is 0 Å². The van der Waals surface area contributed by atoms with Crippen LogP contribution in [0.5, 0.6) is 0 Å². The van der Waals surface area contributed by atoms with Crippen LogP contribution in [0.3, 0.4) is 0 Å². The summed E-state index contributed by atoms with van der Waals surface area (Å²) in [7, 11) is 0. The summed E-state index contributed by atoms with van der Waals surface area (Å²) in [6.07, 6.45) is 6.05. The van der Waals surface area contributed by atoms with Gasteiger partial charge in [-0.05, 0) is 31.7 Å². The lowest BCUT2D eigenvalue weighted by Crippen LogP contribution is -2.30. The second-order valence-electron chi connectivity index (χ2n) is 6.21. The van der Waals surface area contributed by atoms with Crippen LogP contribution in [0.1, 0.15) is 42.9 Å². The summed E-state index contributed by atoms with van der Waals surface area (Å²) < 4.78 is 2.28. The van der Waals surface area contributed by atoms with Crippen molar-refractivity contribution in [3.63, 3.8) is 0 Å². The molecule has 1 unspecified atom stereocenters. The highest BCUT2D eigenvalue weighted by Gasteiger charge is 2.16. The number of aromatic nitrogens is 2. The first-order valence-corrected chi connectivity index (χ1v) is 8.23. The van der Waals surface area contributed by atoms with Gasteiger partial charge in [-0.1, -0.05) is 30.3 Å². The Bertz CT molecular complexity index is 570. The highest BCUT2D eigenvalue weighted by molar-refractivity contribution is 5.15. The number of hydrogen-bond acceptors (Lipinski definition) is 3. The van der Waals surface area contributed by atoms with Crippen molar-refractivity contribution in [3.8, 4) is 0 Å². The zero-order valence-corrected chi connectivity index (χ0v) is 13.2. The third-order valence-corrected chi connectivity index (χ3v) is 4.34. The molecule has 0 aliphatic carbocycles. The maximum Gasteiger partial charge on any atom is 0.109 e. The van der Waals surface area contributed by atoms with Crippen LogP contribution in [-0.4, -0.2) is 27.3 Å². The molecule has 0 radical (unpaired) electrons. The van der Waals surface area contributed by atoms with Crippen LogP contribution in [0.25, 0.3) is 0 Å². The Balaban J connectivity index is 1.51. The lowest BCUT2D eigenvalue weighted by atomic mass is 10.1. The van der Waals surface area contributed by atoms with Crippen molar-refractivity contribution >= 4 is 0 Å². The van der Waals surface area contributed by atoms with Crippen molar-refractivity contribution in [3.05, 3.63) is 53.6 Å². The molecule has 1 aliphatic heterocycles. The summed E-state index contributed by atoms with van der Waals surface area (Å²) in [4.78, 5) is 4.73. The summed E-state index contributed by atoms with van der Waals surface area (Å²) in [6.45, 7) is 3.79. The van der Waals surface area contributed by atoms with Crippen LogP contribution in [-0.2, 0) is 19.4 Å². The van der Waals surface area contributed by atoms with Gasteiger partial charge in [0, 0.05) is 31.7 Å². The van der Waals surface area contributed by atoms with E-state index in [4.69, 9.17) is 4.98 Å². The van der Waals surface area contributed by atoms with E-state index in [2.05, 4.69) is 35.1 Å². The Labute approximate surface area is 132 Å². The van der Waals surface area contributed by atoms with Gasteiger partial charge >= 0.3 is 0 Å². The van der Waals surface area contributed by atoms with E-state index in [1.165, 1.54) is 24.2 Å². The molecule has 2 aromatic rings. The average molecular weight is 299 g/mol. The number of rotatable bonds is 6. The van der Waals surface area contributed by atoms with Gasteiger partial charge in [0.25, 0.3) is 0 Å². The highest BCUT2D eigenvalue weighted by atomic mass is 16.3. The van der Waals surface area contributed by atoms with Crippen molar-refractivity contribution < 1.29 is 5.11 Å². The molecular weight excluding hydrogens is 274 g/mol. The van der Waals surface area contributed by atoms with Crippen molar-refractivity contribution in [2.75, 3.05) is 6.54 Å². The fourth-order valence-corrected chi connectivity index (χ4v) is 3.02. The largest absolute Gasteiger partial charge is 0.391 e. The lowest BCUT2D eigenvalue weighted by Gasteiger charge is -2.16. The summed E-state index contributed by atoms with van der Waals surface area (Å²) in [5, 5.41) is 13.6. The van der Waals surface area contributed by atoms with Crippen LogP contribution in [0.15, 0.2) is 36.5 Å². The molecule has 2 atom stereocenters. The number of fused-ring (bicyclic) bond motifs is 1. The van der Waals surface area contributed by atoms with Crippen LogP contribution < -0.4 is 5.32 Å². The van der Waals surface area contributed by atoms with Gasteiger partial charge in [-0.2, -0.15) is 0 Å². The second-order valence-corrected chi connectivity index (χ2v) is 6.21. The van der Waals surface area contributed by atoms with Crippen molar-refractivity contribution in [2.24, 2.45) is 0 Å². The van der Waals surface area contributed by atoms with Gasteiger partial charge in [-0.15, -0.1) is 0 Å². The first-order chi connectivity index (χ1) is 10.7. The molecule has 0 saturated carbocycles. The molecule has 1 aromatic carbocycles. The molecule has 0 bridgehead atoms. The second kappa shape index (κ2) is 7.07. The van der Waals surface area contributed by atoms with Crippen molar-refractivity contribution in [2.45, 2.75) is 51.3 Å². The molecule has 2 heterocycles. The molecule has 1 aliphatic rings. The van der Waals surface area contributed by atoms with E-state index in [1.54, 1.807) is 0 Å². The molecule has 1 aromatic heterocycles. The minimum atomic E-state index is -0.373.